The molecule has 4 heterocycles. The van der Waals surface area contributed by atoms with Crippen molar-refractivity contribution in [2.45, 2.75) is 24.7 Å². The minimum atomic E-state index is -0.00891. The Bertz CT molecular complexity index is 1550. The molecule has 6 nitrogen and oxygen atoms in total. The topological polar surface area (TPSA) is 56.6 Å². The summed E-state index contributed by atoms with van der Waals surface area (Å²) >= 11 is 3.31. The third-order valence-corrected chi connectivity index (χ3v) is 8.43. The summed E-state index contributed by atoms with van der Waals surface area (Å²) in [5.74, 6) is 1.29. The van der Waals surface area contributed by atoms with Crippen LogP contribution in [0, 0.1) is 0 Å². The highest BCUT2D eigenvalue weighted by molar-refractivity contribution is 7.99. The van der Waals surface area contributed by atoms with Gasteiger partial charge in [-0.05, 0) is 17.7 Å². The van der Waals surface area contributed by atoms with E-state index < -0.39 is 0 Å². The van der Waals surface area contributed by atoms with Crippen molar-refractivity contribution in [1.82, 2.24) is 19.2 Å². The van der Waals surface area contributed by atoms with Gasteiger partial charge in [0.1, 0.15) is 17.9 Å². The van der Waals surface area contributed by atoms with Gasteiger partial charge in [0.2, 0.25) is 5.78 Å². The second-order valence-electron chi connectivity index (χ2n) is 8.47. The highest BCUT2D eigenvalue weighted by Crippen LogP contribution is 2.33. The molecule has 0 radical (unpaired) electrons. The Hall–Kier alpha value is -3.20. The summed E-state index contributed by atoms with van der Waals surface area (Å²) in [7, 11) is 0. The van der Waals surface area contributed by atoms with Gasteiger partial charge >= 0.3 is 0 Å². The van der Waals surface area contributed by atoms with Gasteiger partial charge in [-0.2, -0.15) is 0 Å². The Morgan fingerprint density at radius 2 is 1.85 bits per heavy atom. The standard InChI is InChI=1S/C26H23N5OS2/c1-2-15-33-26-28-27-25-30(19-11-7-4-8-12-19)23(32)22-20-13-14-29(16-18-9-5-3-6-10-18)17-21(20)34-24(22)31(25)26/h2-12H,1,13-17H2/p+1. The number of rotatable bonds is 6. The normalized spacial score (nSPS) is 15.6. The molecule has 1 atom stereocenters. The minimum absolute atomic E-state index is 0.00891. The molecule has 1 aliphatic heterocycles. The van der Waals surface area contributed by atoms with E-state index in [1.54, 1.807) is 27.7 Å². The highest BCUT2D eigenvalue weighted by atomic mass is 32.2. The van der Waals surface area contributed by atoms with Crippen LogP contribution in [0.15, 0.2) is 83.3 Å². The number of para-hydroxylation sites is 1. The molecule has 6 rings (SSSR count). The molecule has 0 bridgehead atoms. The zero-order valence-electron chi connectivity index (χ0n) is 18.6. The van der Waals surface area contributed by atoms with Crippen LogP contribution in [0.1, 0.15) is 16.0 Å². The molecular weight excluding hydrogens is 462 g/mol. The van der Waals surface area contributed by atoms with Gasteiger partial charge in [0.05, 0.1) is 22.5 Å². The van der Waals surface area contributed by atoms with Crippen molar-refractivity contribution in [3.05, 3.63) is 99.7 Å². The van der Waals surface area contributed by atoms with Crippen LogP contribution in [-0.4, -0.2) is 31.5 Å². The maximum Gasteiger partial charge on any atom is 0.268 e. The van der Waals surface area contributed by atoms with E-state index in [1.165, 1.54) is 20.9 Å². The average Bonchev–Trinajstić information content (AvgIpc) is 3.45. The Morgan fingerprint density at radius 3 is 2.62 bits per heavy atom. The zero-order chi connectivity index (χ0) is 23.1. The van der Waals surface area contributed by atoms with Gasteiger partial charge in [-0.25, -0.2) is 8.97 Å². The third-order valence-electron chi connectivity index (χ3n) is 6.29. The smallest absolute Gasteiger partial charge is 0.268 e. The van der Waals surface area contributed by atoms with Crippen molar-refractivity contribution in [1.29, 1.82) is 0 Å². The van der Waals surface area contributed by atoms with Crippen LogP contribution in [-0.2, 0) is 19.5 Å². The molecule has 1 aliphatic rings. The number of hydrogen-bond acceptors (Lipinski definition) is 5. The number of nitrogens with one attached hydrogen (secondary N) is 1. The fourth-order valence-corrected chi connectivity index (χ4v) is 6.89. The first-order valence-electron chi connectivity index (χ1n) is 11.4. The highest BCUT2D eigenvalue weighted by Gasteiger charge is 2.29. The number of quaternary nitrogens is 1. The van der Waals surface area contributed by atoms with E-state index in [4.69, 9.17) is 0 Å². The Kier molecular flexibility index (Phi) is 5.57. The summed E-state index contributed by atoms with van der Waals surface area (Å²) in [4.78, 5) is 17.7. The summed E-state index contributed by atoms with van der Waals surface area (Å²) in [5, 5.41) is 10.5. The quantitative estimate of drug-likeness (QED) is 0.295. The zero-order valence-corrected chi connectivity index (χ0v) is 20.2. The van der Waals surface area contributed by atoms with Crippen molar-refractivity contribution in [3.8, 4) is 5.69 Å². The van der Waals surface area contributed by atoms with Crippen LogP contribution in [0.25, 0.3) is 21.7 Å². The van der Waals surface area contributed by atoms with Crippen molar-refractivity contribution in [2.75, 3.05) is 12.3 Å². The fraction of sp³-hybridized carbons (Fsp3) is 0.192. The predicted molar refractivity (Wildman–Crippen MR) is 138 cm³/mol. The molecule has 2 aromatic carbocycles. The van der Waals surface area contributed by atoms with Crippen LogP contribution in [0.2, 0.25) is 0 Å². The van der Waals surface area contributed by atoms with E-state index >= 15 is 0 Å². The lowest BCUT2D eigenvalue weighted by atomic mass is 10.0. The molecule has 34 heavy (non-hydrogen) atoms. The molecule has 170 valence electrons. The van der Waals surface area contributed by atoms with E-state index in [1.807, 2.05) is 36.4 Å². The molecular formula is C26H24N5OS2+. The van der Waals surface area contributed by atoms with E-state index in [0.29, 0.717) is 5.78 Å². The van der Waals surface area contributed by atoms with Crippen LogP contribution >= 0.6 is 23.1 Å². The fourth-order valence-electron chi connectivity index (χ4n) is 4.76. The van der Waals surface area contributed by atoms with Crippen molar-refractivity contribution < 1.29 is 4.90 Å². The molecule has 0 spiro atoms. The van der Waals surface area contributed by atoms with E-state index in [-0.39, 0.29) is 5.56 Å². The lowest BCUT2D eigenvalue weighted by Gasteiger charge is -2.23. The second kappa shape index (κ2) is 8.87. The number of hydrogen-bond donors (Lipinski definition) is 1. The van der Waals surface area contributed by atoms with Crippen molar-refractivity contribution >= 4 is 39.1 Å². The molecule has 8 heteroatoms. The Balaban J connectivity index is 1.53. The summed E-state index contributed by atoms with van der Waals surface area (Å²) in [6.07, 6.45) is 2.75. The molecule has 0 saturated carbocycles. The molecule has 0 amide bonds. The number of aromatic nitrogens is 4. The van der Waals surface area contributed by atoms with Gasteiger partial charge in [0.15, 0.2) is 5.16 Å². The number of thioether (sulfide) groups is 1. The molecule has 1 N–H and O–H groups in total. The number of benzene rings is 2. The number of fused-ring (bicyclic) bond motifs is 5. The van der Waals surface area contributed by atoms with Gasteiger partial charge in [-0.1, -0.05) is 66.4 Å². The molecule has 0 fully saturated rings. The van der Waals surface area contributed by atoms with Crippen LogP contribution in [0.5, 0.6) is 0 Å². The Morgan fingerprint density at radius 1 is 1.09 bits per heavy atom. The maximum atomic E-state index is 13.9. The predicted octanol–water partition coefficient (Wildman–Crippen LogP) is 3.51. The molecule has 1 unspecified atom stereocenters. The maximum absolute atomic E-state index is 13.9. The lowest BCUT2D eigenvalue weighted by Crippen LogP contribution is -3.10. The van der Waals surface area contributed by atoms with E-state index in [2.05, 4.69) is 51.5 Å². The summed E-state index contributed by atoms with van der Waals surface area (Å²) in [6.45, 7) is 6.77. The average molecular weight is 487 g/mol. The Labute approximate surface area is 205 Å². The van der Waals surface area contributed by atoms with Crippen LogP contribution < -0.4 is 10.5 Å². The van der Waals surface area contributed by atoms with Gasteiger partial charge in [0, 0.05) is 17.7 Å². The van der Waals surface area contributed by atoms with E-state index in [0.717, 1.165) is 52.9 Å². The monoisotopic (exact) mass is 486 g/mol. The van der Waals surface area contributed by atoms with Gasteiger partial charge in [-0.15, -0.1) is 28.1 Å². The van der Waals surface area contributed by atoms with Crippen molar-refractivity contribution in [2.24, 2.45) is 0 Å². The van der Waals surface area contributed by atoms with Crippen molar-refractivity contribution in [3.63, 3.8) is 0 Å². The first-order chi connectivity index (χ1) is 16.7. The van der Waals surface area contributed by atoms with Gasteiger partial charge < -0.3 is 4.90 Å². The SMILES string of the molecule is C=CCSc1nnc2n(-c3ccccc3)c(=O)c3c4c(sc3n12)C[NH+](Cc1ccccc1)CC4. The minimum Gasteiger partial charge on any atom is -0.326 e. The molecule has 5 aromatic rings. The number of nitrogens with zero attached hydrogens (tertiary/aromatic N) is 4. The molecule has 0 saturated heterocycles. The van der Waals surface area contributed by atoms with Crippen LogP contribution in [0.4, 0.5) is 0 Å². The summed E-state index contributed by atoms with van der Waals surface area (Å²) in [6, 6.07) is 20.4. The second-order valence-corrected chi connectivity index (χ2v) is 10.5. The molecule has 3 aromatic heterocycles. The van der Waals surface area contributed by atoms with Crippen LogP contribution in [0.3, 0.4) is 0 Å². The van der Waals surface area contributed by atoms with E-state index in [9.17, 15) is 4.79 Å². The first kappa shape index (κ1) is 21.3. The number of thiophene rings is 1. The summed E-state index contributed by atoms with van der Waals surface area (Å²) < 4.78 is 3.78. The summed E-state index contributed by atoms with van der Waals surface area (Å²) in [5.41, 5.74) is 3.34. The largest absolute Gasteiger partial charge is 0.326 e. The lowest BCUT2D eigenvalue weighted by molar-refractivity contribution is -0.929. The van der Waals surface area contributed by atoms with Gasteiger partial charge in [-0.3, -0.25) is 4.79 Å². The molecule has 0 aliphatic carbocycles. The third kappa shape index (κ3) is 3.58. The first-order valence-corrected chi connectivity index (χ1v) is 13.2. The van der Waals surface area contributed by atoms with Gasteiger partial charge in [0.25, 0.3) is 5.56 Å².